The van der Waals surface area contributed by atoms with Crippen molar-refractivity contribution in [2.45, 2.75) is 19.1 Å². The Balaban J connectivity index is 1.33. The average molecular weight is 343 g/mol. The van der Waals surface area contributed by atoms with Crippen molar-refractivity contribution in [2.24, 2.45) is 0 Å². The molecule has 1 aromatic carbocycles. The monoisotopic (exact) mass is 343 g/mol. The van der Waals surface area contributed by atoms with Gasteiger partial charge in [-0.2, -0.15) is 0 Å². The summed E-state index contributed by atoms with van der Waals surface area (Å²) < 4.78 is 21.9. The van der Waals surface area contributed by atoms with Crippen molar-refractivity contribution in [3.05, 3.63) is 52.6 Å². The van der Waals surface area contributed by atoms with Crippen LogP contribution in [0.4, 0.5) is 0 Å². The molecule has 1 aromatic heterocycles. The van der Waals surface area contributed by atoms with E-state index in [0.29, 0.717) is 36.1 Å². The fourth-order valence-corrected chi connectivity index (χ4v) is 2.87. The van der Waals surface area contributed by atoms with Gasteiger partial charge in [0.15, 0.2) is 11.5 Å². The van der Waals surface area contributed by atoms with E-state index in [1.165, 1.54) is 6.07 Å². The molecule has 0 unspecified atom stereocenters. The van der Waals surface area contributed by atoms with Crippen molar-refractivity contribution >= 4 is 5.91 Å². The van der Waals surface area contributed by atoms with E-state index in [1.807, 2.05) is 18.2 Å². The largest absolute Gasteiger partial charge is 0.486 e. The summed E-state index contributed by atoms with van der Waals surface area (Å²) in [7, 11) is 0. The Hall–Kier alpha value is -2.96. The maximum Gasteiger partial charge on any atom is 0.339 e. The van der Waals surface area contributed by atoms with E-state index < -0.39 is 11.7 Å². The van der Waals surface area contributed by atoms with Crippen molar-refractivity contribution < 1.29 is 23.4 Å². The van der Waals surface area contributed by atoms with Crippen molar-refractivity contribution in [3.63, 3.8) is 0 Å². The van der Waals surface area contributed by atoms with Crippen molar-refractivity contribution in [1.82, 2.24) is 4.90 Å². The number of nitrogens with zero attached hydrogens (tertiary/aromatic N) is 1. The van der Waals surface area contributed by atoms with Gasteiger partial charge in [-0.25, -0.2) is 4.79 Å². The van der Waals surface area contributed by atoms with Crippen LogP contribution in [0.2, 0.25) is 0 Å². The predicted octanol–water partition coefficient (Wildman–Crippen LogP) is 1.38. The molecule has 2 aliphatic rings. The van der Waals surface area contributed by atoms with E-state index in [-0.39, 0.29) is 18.6 Å². The van der Waals surface area contributed by atoms with Gasteiger partial charge in [0.2, 0.25) is 6.10 Å². The van der Waals surface area contributed by atoms with Crippen LogP contribution >= 0.6 is 0 Å². The smallest absolute Gasteiger partial charge is 0.339 e. The molecule has 1 amide bonds. The molecule has 7 heteroatoms. The van der Waals surface area contributed by atoms with Crippen LogP contribution in [0.15, 0.2) is 45.6 Å². The highest BCUT2D eigenvalue weighted by molar-refractivity contribution is 5.82. The second-order valence-corrected chi connectivity index (χ2v) is 6.07. The van der Waals surface area contributed by atoms with Crippen LogP contribution in [0.5, 0.6) is 17.2 Å². The highest BCUT2D eigenvalue weighted by atomic mass is 16.6. The van der Waals surface area contributed by atoms with Crippen molar-refractivity contribution in [2.75, 3.05) is 19.7 Å². The molecule has 0 N–H and O–H groups in total. The lowest BCUT2D eigenvalue weighted by atomic mass is 10.1. The Morgan fingerprint density at radius 2 is 1.96 bits per heavy atom. The Morgan fingerprint density at radius 3 is 2.72 bits per heavy atom. The van der Waals surface area contributed by atoms with Crippen LogP contribution in [0, 0.1) is 6.92 Å². The molecule has 1 atom stereocenters. The number of rotatable bonds is 3. The van der Waals surface area contributed by atoms with E-state index in [0.717, 1.165) is 0 Å². The first-order valence-electron chi connectivity index (χ1n) is 8.04. The van der Waals surface area contributed by atoms with Gasteiger partial charge in [0.25, 0.3) is 5.91 Å². The molecule has 7 nitrogen and oxygen atoms in total. The normalized spacial score (nSPS) is 19.2. The van der Waals surface area contributed by atoms with Gasteiger partial charge < -0.3 is 23.5 Å². The van der Waals surface area contributed by atoms with E-state index in [1.54, 1.807) is 24.0 Å². The summed E-state index contributed by atoms with van der Waals surface area (Å²) >= 11 is 0. The number of para-hydroxylation sites is 2. The number of benzene rings is 1. The van der Waals surface area contributed by atoms with Gasteiger partial charge in [-0.3, -0.25) is 4.79 Å². The molecule has 0 aliphatic carbocycles. The Morgan fingerprint density at radius 1 is 1.20 bits per heavy atom. The molecule has 2 aromatic rings. The number of hydrogen-bond acceptors (Lipinski definition) is 6. The number of carbonyl (C=O) groups excluding carboxylic acids is 1. The summed E-state index contributed by atoms with van der Waals surface area (Å²) in [5, 5.41) is 0. The zero-order chi connectivity index (χ0) is 17.4. The molecule has 0 bridgehead atoms. The minimum Gasteiger partial charge on any atom is -0.486 e. The van der Waals surface area contributed by atoms with E-state index in [4.69, 9.17) is 18.6 Å². The van der Waals surface area contributed by atoms with Gasteiger partial charge in [0, 0.05) is 6.07 Å². The van der Waals surface area contributed by atoms with Gasteiger partial charge in [-0.1, -0.05) is 12.1 Å². The van der Waals surface area contributed by atoms with Crippen LogP contribution in [-0.2, 0) is 4.79 Å². The minimum atomic E-state index is -0.651. The standard InChI is InChI=1S/C18H17NO6/c1-11-6-12(7-17(20)23-11)24-13-8-19(9-13)18(21)16-10-22-14-4-2-3-5-15(14)25-16/h2-7,13,16H,8-10H2,1H3/t16-/m0/s1. The molecular weight excluding hydrogens is 326 g/mol. The second kappa shape index (κ2) is 6.16. The molecule has 3 heterocycles. The van der Waals surface area contributed by atoms with Crippen LogP contribution < -0.4 is 19.8 Å². The maximum absolute atomic E-state index is 12.5. The summed E-state index contributed by atoms with van der Waals surface area (Å²) in [6, 6.07) is 10.2. The van der Waals surface area contributed by atoms with Gasteiger partial charge in [0.05, 0.1) is 19.2 Å². The van der Waals surface area contributed by atoms with E-state index in [2.05, 4.69) is 0 Å². The third-order valence-electron chi connectivity index (χ3n) is 4.11. The highest BCUT2D eigenvalue weighted by Crippen LogP contribution is 2.31. The lowest BCUT2D eigenvalue weighted by Gasteiger charge is -2.41. The Kier molecular flexibility index (Phi) is 3.83. The molecule has 2 aliphatic heterocycles. The average Bonchev–Trinajstić information content (AvgIpc) is 2.56. The fraction of sp³-hybridized carbons (Fsp3) is 0.333. The molecule has 4 rings (SSSR count). The molecular formula is C18H17NO6. The fourth-order valence-electron chi connectivity index (χ4n) is 2.87. The zero-order valence-electron chi connectivity index (χ0n) is 13.6. The van der Waals surface area contributed by atoms with E-state index in [9.17, 15) is 9.59 Å². The summed E-state index contributed by atoms with van der Waals surface area (Å²) in [5.41, 5.74) is -0.450. The molecule has 0 saturated carbocycles. The number of likely N-dealkylation sites (tertiary alicyclic amines) is 1. The SMILES string of the molecule is Cc1cc(OC2CN(C(=O)[C@@H]3COc4ccccc4O3)C2)cc(=O)o1. The molecule has 1 fully saturated rings. The maximum atomic E-state index is 12.5. The van der Waals surface area contributed by atoms with Gasteiger partial charge >= 0.3 is 5.63 Å². The summed E-state index contributed by atoms with van der Waals surface area (Å²) in [5.74, 6) is 2.04. The highest BCUT2D eigenvalue weighted by Gasteiger charge is 2.38. The van der Waals surface area contributed by atoms with Crippen LogP contribution in [0.1, 0.15) is 5.76 Å². The number of amides is 1. The summed E-state index contributed by atoms with van der Waals surface area (Å²) in [6.07, 6.45) is -0.802. The van der Waals surface area contributed by atoms with Crippen molar-refractivity contribution in [3.8, 4) is 17.2 Å². The first-order chi connectivity index (χ1) is 12.1. The predicted molar refractivity (Wildman–Crippen MR) is 87.1 cm³/mol. The number of hydrogen-bond donors (Lipinski definition) is 0. The lowest BCUT2D eigenvalue weighted by Crippen LogP contribution is -2.60. The Bertz CT molecular complexity index is 855. The van der Waals surface area contributed by atoms with Gasteiger partial charge in [0.1, 0.15) is 24.2 Å². The Labute approximate surface area is 143 Å². The molecule has 0 spiro atoms. The first kappa shape index (κ1) is 15.6. The summed E-state index contributed by atoms with van der Waals surface area (Å²) in [6.45, 7) is 2.76. The first-order valence-corrected chi connectivity index (χ1v) is 8.04. The minimum absolute atomic E-state index is 0.127. The van der Waals surface area contributed by atoms with Crippen LogP contribution in [0.3, 0.4) is 0 Å². The summed E-state index contributed by atoms with van der Waals surface area (Å²) in [4.78, 5) is 25.5. The van der Waals surface area contributed by atoms with Crippen LogP contribution in [-0.4, -0.2) is 42.7 Å². The van der Waals surface area contributed by atoms with Crippen LogP contribution in [0.25, 0.3) is 0 Å². The van der Waals surface area contributed by atoms with Crippen molar-refractivity contribution in [1.29, 1.82) is 0 Å². The quantitative estimate of drug-likeness (QED) is 0.838. The lowest BCUT2D eigenvalue weighted by molar-refractivity contribution is -0.150. The third kappa shape index (κ3) is 3.17. The van der Waals surface area contributed by atoms with Gasteiger partial charge in [-0.05, 0) is 19.1 Å². The molecule has 0 radical (unpaired) electrons. The third-order valence-corrected chi connectivity index (χ3v) is 4.11. The van der Waals surface area contributed by atoms with E-state index >= 15 is 0 Å². The zero-order valence-corrected chi connectivity index (χ0v) is 13.6. The number of aryl methyl sites for hydroxylation is 1. The molecule has 25 heavy (non-hydrogen) atoms. The number of ether oxygens (including phenoxy) is 3. The topological polar surface area (TPSA) is 78.2 Å². The second-order valence-electron chi connectivity index (χ2n) is 6.07. The van der Waals surface area contributed by atoms with Gasteiger partial charge in [-0.15, -0.1) is 0 Å². The number of carbonyl (C=O) groups is 1. The molecule has 1 saturated heterocycles. The molecule has 130 valence electrons. The number of fused-ring (bicyclic) bond motifs is 1.